The average molecular weight is 451 g/mol. The molecule has 0 saturated carbocycles. The van der Waals surface area contributed by atoms with E-state index in [1.807, 2.05) is 53.7 Å². The Morgan fingerprint density at radius 2 is 1.71 bits per heavy atom. The first kappa shape index (κ1) is 26.2. The average Bonchev–Trinajstić information content (AvgIpc) is 2.86. The molecule has 8 heteroatoms. The number of hydrogen-bond donors (Lipinski definition) is 1. The summed E-state index contributed by atoms with van der Waals surface area (Å²) < 4.78 is 27.8. The molecular formula is C23H38BNO5S. The highest BCUT2D eigenvalue weighted by atomic mass is 32.2. The Labute approximate surface area is 192 Å². The van der Waals surface area contributed by atoms with Gasteiger partial charge in [-0.25, -0.2) is 0 Å². The first-order chi connectivity index (χ1) is 14.1. The number of carbonyl (C=O) groups is 1. The third kappa shape index (κ3) is 6.71. The fourth-order valence-corrected chi connectivity index (χ4v) is 3.71. The number of nitrogens with one attached hydrogen (secondary N) is 1. The van der Waals surface area contributed by atoms with Crippen LogP contribution in [0.1, 0.15) is 78.2 Å². The number of rotatable bonds is 9. The van der Waals surface area contributed by atoms with Crippen molar-refractivity contribution in [2.45, 2.75) is 96.4 Å². The molecule has 0 bridgehead atoms. The van der Waals surface area contributed by atoms with Crippen LogP contribution >= 0.6 is 11.9 Å². The zero-order chi connectivity index (χ0) is 23.7. The Morgan fingerprint density at radius 3 is 2.19 bits per heavy atom. The number of hydrogen-bond acceptors (Lipinski definition) is 7. The third-order valence-electron chi connectivity index (χ3n) is 5.65. The van der Waals surface area contributed by atoms with Crippen molar-refractivity contribution >= 4 is 25.4 Å². The van der Waals surface area contributed by atoms with Crippen LogP contribution in [-0.4, -0.2) is 48.2 Å². The summed E-state index contributed by atoms with van der Waals surface area (Å²) in [6.07, 6.45) is 1.36. The third-order valence-corrected chi connectivity index (χ3v) is 6.68. The first-order valence-electron chi connectivity index (χ1n) is 10.7. The van der Waals surface area contributed by atoms with Crippen molar-refractivity contribution in [2.75, 3.05) is 7.11 Å². The van der Waals surface area contributed by atoms with E-state index in [9.17, 15) is 4.79 Å². The van der Waals surface area contributed by atoms with Gasteiger partial charge in [0, 0.05) is 25.7 Å². The van der Waals surface area contributed by atoms with Crippen LogP contribution in [0.15, 0.2) is 18.2 Å². The SMILES string of the molecule is COC(C)(C)Oc1c(C=O)cccc1CC(NSC(C)(C)C)B1OC(C)(C)C(C)(C)O1. The van der Waals surface area contributed by atoms with Crippen molar-refractivity contribution in [3.63, 3.8) is 0 Å². The molecule has 0 spiro atoms. The van der Waals surface area contributed by atoms with Crippen LogP contribution in [0, 0.1) is 0 Å². The topological polar surface area (TPSA) is 66.0 Å². The van der Waals surface area contributed by atoms with E-state index in [0.717, 1.165) is 11.8 Å². The molecular weight excluding hydrogens is 413 g/mol. The summed E-state index contributed by atoms with van der Waals surface area (Å²) >= 11 is 1.64. The second-order valence-corrected chi connectivity index (χ2v) is 12.1. The summed E-state index contributed by atoms with van der Waals surface area (Å²) in [4.78, 5) is 11.7. The van der Waals surface area contributed by atoms with Gasteiger partial charge in [0.05, 0.1) is 22.7 Å². The highest BCUT2D eigenvalue weighted by Gasteiger charge is 2.54. The van der Waals surface area contributed by atoms with E-state index in [1.165, 1.54) is 0 Å². The van der Waals surface area contributed by atoms with Crippen molar-refractivity contribution in [3.05, 3.63) is 29.3 Å². The molecule has 1 aromatic carbocycles. The molecule has 1 N–H and O–H groups in total. The summed E-state index contributed by atoms with van der Waals surface area (Å²) in [6, 6.07) is 5.58. The molecule has 1 aromatic rings. The Kier molecular flexibility index (Phi) is 7.97. The van der Waals surface area contributed by atoms with Crippen LogP contribution in [0.5, 0.6) is 5.75 Å². The van der Waals surface area contributed by atoms with E-state index in [1.54, 1.807) is 25.1 Å². The Hall–Kier alpha value is -1.06. The van der Waals surface area contributed by atoms with E-state index < -0.39 is 24.1 Å². The van der Waals surface area contributed by atoms with Gasteiger partial charge < -0.3 is 18.8 Å². The lowest BCUT2D eigenvalue weighted by Gasteiger charge is -2.32. The molecule has 1 aliphatic heterocycles. The van der Waals surface area contributed by atoms with E-state index in [0.29, 0.717) is 17.7 Å². The highest BCUT2D eigenvalue weighted by Crippen LogP contribution is 2.39. The number of carbonyl (C=O) groups excluding carboxylic acids is 1. The molecule has 0 radical (unpaired) electrons. The second kappa shape index (κ2) is 9.44. The lowest BCUT2D eigenvalue weighted by Crippen LogP contribution is -2.45. The molecule has 0 amide bonds. The number of benzene rings is 1. The van der Waals surface area contributed by atoms with Crippen molar-refractivity contribution < 1.29 is 23.6 Å². The lowest BCUT2D eigenvalue weighted by molar-refractivity contribution is -0.134. The van der Waals surface area contributed by atoms with Gasteiger partial charge in [-0.2, -0.15) is 0 Å². The number of methoxy groups -OCH3 is 1. The Balaban J connectivity index is 2.39. The molecule has 174 valence electrons. The molecule has 1 aliphatic rings. The Morgan fingerprint density at radius 1 is 1.13 bits per heavy atom. The minimum Gasteiger partial charge on any atom is -0.462 e. The zero-order valence-electron chi connectivity index (χ0n) is 20.6. The fourth-order valence-electron chi connectivity index (χ4n) is 3.01. The van der Waals surface area contributed by atoms with Gasteiger partial charge >= 0.3 is 7.12 Å². The van der Waals surface area contributed by atoms with Crippen LogP contribution in [0.4, 0.5) is 0 Å². The second-order valence-electron chi connectivity index (χ2n) is 10.4. The largest absolute Gasteiger partial charge is 0.477 e. The summed E-state index contributed by atoms with van der Waals surface area (Å²) in [5.74, 6) is -0.519. The Bertz CT molecular complexity index is 760. The van der Waals surface area contributed by atoms with Gasteiger partial charge in [0.15, 0.2) is 6.29 Å². The van der Waals surface area contributed by atoms with Crippen molar-refractivity contribution in [3.8, 4) is 5.75 Å². The molecule has 0 aliphatic carbocycles. The van der Waals surface area contributed by atoms with E-state index in [4.69, 9.17) is 18.8 Å². The maximum atomic E-state index is 11.7. The van der Waals surface area contributed by atoms with Crippen LogP contribution < -0.4 is 9.46 Å². The maximum Gasteiger partial charge on any atom is 0.477 e. The van der Waals surface area contributed by atoms with E-state index in [-0.39, 0.29) is 10.7 Å². The van der Waals surface area contributed by atoms with Crippen molar-refractivity contribution in [1.29, 1.82) is 0 Å². The minimum atomic E-state index is -0.874. The summed E-state index contributed by atoms with van der Waals surface area (Å²) in [6.45, 7) is 18.3. The molecule has 1 unspecified atom stereocenters. The van der Waals surface area contributed by atoms with E-state index >= 15 is 0 Å². The van der Waals surface area contributed by atoms with Gasteiger partial charge in [-0.3, -0.25) is 9.52 Å². The predicted molar refractivity (Wildman–Crippen MR) is 128 cm³/mol. The van der Waals surface area contributed by atoms with Crippen LogP contribution in [-0.2, 0) is 20.5 Å². The number of para-hydroxylation sites is 1. The molecule has 2 rings (SSSR count). The smallest absolute Gasteiger partial charge is 0.462 e. The summed E-state index contributed by atoms with van der Waals surface area (Å²) in [5, 5.41) is 0. The minimum absolute atomic E-state index is 0.00388. The van der Waals surface area contributed by atoms with Crippen molar-refractivity contribution in [1.82, 2.24) is 4.72 Å². The molecule has 31 heavy (non-hydrogen) atoms. The predicted octanol–water partition coefficient (Wildman–Crippen LogP) is 4.84. The van der Waals surface area contributed by atoms with Gasteiger partial charge in [0.1, 0.15) is 5.75 Å². The highest BCUT2D eigenvalue weighted by molar-refractivity contribution is 7.98. The summed E-state index contributed by atoms with van der Waals surface area (Å²) in [5.41, 5.74) is 0.494. The number of aldehydes is 1. The summed E-state index contributed by atoms with van der Waals surface area (Å²) in [7, 11) is 1.13. The zero-order valence-corrected chi connectivity index (χ0v) is 21.4. The molecule has 6 nitrogen and oxygen atoms in total. The van der Waals surface area contributed by atoms with Gasteiger partial charge in [-0.05, 0) is 66.5 Å². The standard InChI is InChI=1S/C23H38BNO5S/c1-20(2,3)31-25-18(24-29-21(4,5)22(6,7)30-24)14-16-12-11-13-17(15-26)19(16)28-23(8,9)27-10/h11-13,15,18,25H,14H2,1-10H3. The van der Waals surface area contributed by atoms with Gasteiger partial charge in [-0.15, -0.1) is 0 Å². The molecule has 1 saturated heterocycles. The fraction of sp³-hybridized carbons (Fsp3) is 0.696. The first-order valence-corrected chi connectivity index (χ1v) is 11.5. The monoisotopic (exact) mass is 451 g/mol. The maximum absolute atomic E-state index is 11.7. The molecule has 1 atom stereocenters. The van der Waals surface area contributed by atoms with Gasteiger partial charge in [0.25, 0.3) is 0 Å². The molecule has 1 heterocycles. The van der Waals surface area contributed by atoms with Gasteiger partial charge in [0.2, 0.25) is 5.79 Å². The number of ether oxygens (including phenoxy) is 2. The van der Waals surface area contributed by atoms with Crippen LogP contribution in [0.25, 0.3) is 0 Å². The van der Waals surface area contributed by atoms with Crippen LogP contribution in [0.3, 0.4) is 0 Å². The lowest BCUT2D eigenvalue weighted by atomic mass is 9.75. The molecule has 1 fully saturated rings. The van der Waals surface area contributed by atoms with Crippen LogP contribution in [0.2, 0.25) is 0 Å². The van der Waals surface area contributed by atoms with Crippen molar-refractivity contribution in [2.24, 2.45) is 0 Å². The van der Waals surface area contributed by atoms with Gasteiger partial charge in [-0.1, -0.05) is 24.1 Å². The van der Waals surface area contributed by atoms with E-state index in [2.05, 4.69) is 25.5 Å². The molecule has 0 aromatic heterocycles. The normalized spacial score (nSPS) is 19.4. The quantitative estimate of drug-likeness (QED) is 0.249.